The maximum atomic E-state index is 5.24. The number of piperidine rings is 1. The van der Waals surface area contributed by atoms with Crippen LogP contribution in [-0.2, 0) is 6.42 Å². The molecule has 0 aliphatic carbocycles. The highest BCUT2D eigenvalue weighted by atomic mass is 79.9. The lowest BCUT2D eigenvalue weighted by Gasteiger charge is -2.23. The molecule has 1 N–H and O–H groups in total. The van der Waals surface area contributed by atoms with Crippen molar-refractivity contribution in [1.29, 1.82) is 0 Å². The number of hydrogen-bond donors (Lipinski definition) is 1. The molecule has 0 bridgehead atoms. The topological polar surface area (TPSA) is 21.3 Å². The molecule has 2 rings (SSSR count). The normalized spacial score (nSPS) is 20.2. The van der Waals surface area contributed by atoms with Crippen molar-refractivity contribution in [3.63, 3.8) is 0 Å². The fourth-order valence-electron chi connectivity index (χ4n) is 2.38. The molecule has 0 saturated carbocycles. The first-order chi connectivity index (χ1) is 8.29. The summed E-state index contributed by atoms with van der Waals surface area (Å²) in [6, 6.07) is 7.08. The Labute approximate surface area is 112 Å². The smallest absolute Gasteiger partial charge is 0.133 e. The van der Waals surface area contributed by atoms with Gasteiger partial charge in [0.25, 0.3) is 0 Å². The van der Waals surface area contributed by atoms with Gasteiger partial charge in [-0.2, -0.15) is 0 Å². The number of rotatable bonds is 4. The summed E-state index contributed by atoms with van der Waals surface area (Å²) < 4.78 is 6.29. The minimum Gasteiger partial charge on any atom is -0.496 e. The molecule has 1 atom stereocenters. The third-order valence-corrected chi connectivity index (χ3v) is 4.03. The van der Waals surface area contributed by atoms with E-state index in [2.05, 4.69) is 33.4 Å². The Morgan fingerprint density at radius 1 is 1.41 bits per heavy atom. The lowest BCUT2D eigenvalue weighted by atomic mass is 9.98. The van der Waals surface area contributed by atoms with Crippen molar-refractivity contribution >= 4 is 15.9 Å². The quantitative estimate of drug-likeness (QED) is 0.918. The van der Waals surface area contributed by atoms with Crippen LogP contribution in [0.3, 0.4) is 0 Å². The van der Waals surface area contributed by atoms with Gasteiger partial charge in [0.05, 0.1) is 11.6 Å². The van der Waals surface area contributed by atoms with E-state index in [4.69, 9.17) is 4.74 Å². The number of halogens is 1. The van der Waals surface area contributed by atoms with E-state index >= 15 is 0 Å². The molecular weight excluding hydrogens is 278 g/mol. The fraction of sp³-hybridized carbons (Fsp3) is 0.571. The second kappa shape index (κ2) is 6.41. The molecule has 17 heavy (non-hydrogen) atoms. The average Bonchev–Trinajstić information content (AvgIpc) is 2.38. The van der Waals surface area contributed by atoms with Crippen molar-refractivity contribution < 1.29 is 4.74 Å². The molecular formula is C14H20BrNO. The molecule has 1 aliphatic rings. The summed E-state index contributed by atoms with van der Waals surface area (Å²) in [5.41, 5.74) is 1.38. The molecule has 94 valence electrons. The zero-order valence-electron chi connectivity index (χ0n) is 10.3. The van der Waals surface area contributed by atoms with E-state index < -0.39 is 0 Å². The van der Waals surface area contributed by atoms with Crippen LogP contribution < -0.4 is 10.1 Å². The van der Waals surface area contributed by atoms with Gasteiger partial charge in [-0.3, -0.25) is 0 Å². The van der Waals surface area contributed by atoms with Gasteiger partial charge in [-0.15, -0.1) is 0 Å². The maximum absolute atomic E-state index is 5.24. The molecule has 1 aromatic rings. The Morgan fingerprint density at radius 2 is 2.29 bits per heavy atom. The van der Waals surface area contributed by atoms with Gasteiger partial charge in [0.1, 0.15) is 5.75 Å². The van der Waals surface area contributed by atoms with Crippen LogP contribution in [0.4, 0.5) is 0 Å². The third kappa shape index (κ3) is 3.71. The molecule has 3 heteroatoms. The standard InChI is InChI=1S/C14H20BrNO/c1-17-14-8-6-11(10-13(14)15)5-7-12-4-2-3-9-16-12/h6,8,10,12,16H,2-5,7,9H2,1H3. The first kappa shape index (κ1) is 12.9. The molecule has 0 amide bonds. The molecule has 2 nitrogen and oxygen atoms in total. The first-order valence-electron chi connectivity index (χ1n) is 6.35. The molecule has 0 spiro atoms. The fourth-order valence-corrected chi connectivity index (χ4v) is 2.96. The van der Waals surface area contributed by atoms with Crippen molar-refractivity contribution in [3.8, 4) is 5.75 Å². The van der Waals surface area contributed by atoms with E-state index in [9.17, 15) is 0 Å². The number of methoxy groups -OCH3 is 1. The van der Waals surface area contributed by atoms with E-state index in [1.54, 1.807) is 7.11 Å². The van der Waals surface area contributed by atoms with Crippen LogP contribution in [0.2, 0.25) is 0 Å². The van der Waals surface area contributed by atoms with Gasteiger partial charge in [0.15, 0.2) is 0 Å². The van der Waals surface area contributed by atoms with Crippen LogP contribution in [0.25, 0.3) is 0 Å². The van der Waals surface area contributed by atoms with E-state index in [0.29, 0.717) is 6.04 Å². The Bertz CT molecular complexity index is 361. The van der Waals surface area contributed by atoms with Crippen LogP contribution in [0.5, 0.6) is 5.75 Å². The molecule has 1 saturated heterocycles. The largest absolute Gasteiger partial charge is 0.496 e. The third-order valence-electron chi connectivity index (χ3n) is 3.41. The second-order valence-electron chi connectivity index (χ2n) is 4.65. The highest BCUT2D eigenvalue weighted by Gasteiger charge is 2.12. The molecule has 0 radical (unpaired) electrons. The zero-order valence-corrected chi connectivity index (χ0v) is 11.9. The van der Waals surface area contributed by atoms with Gasteiger partial charge < -0.3 is 10.1 Å². The van der Waals surface area contributed by atoms with Crippen LogP contribution in [0, 0.1) is 0 Å². The summed E-state index contributed by atoms with van der Waals surface area (Å²) in [6.45, 7) is 1.19. The minimum atomic E-state index is 0.713. The van der Waals surface area contributed by atoms with Gasteiger partial charge in [0, 0.05) is 6.04 Å². The zero-order chi connectivity index (χ0) is 12.1. The predicted octanol–water partition coefficient (Wildman–Crippen LogP) is 3.53. The molecule has 1 unspecified atom stereocenters. The van der Waals surface area contributed by atoms with E-state index in [0.717, 1.165) is 16.6 Å². The number of ether oxygens (including phenoxy) is 1. The minimum absolute atomic E-state index is 0.713. The van der Waals surface area contributed by atoms with Crippen molar-refractivity contribution in [1.82, 2.24) is 5.32 Å². The van der Waals surface area contributed by atoms with Gasteiger partial charge in [0.2, 0.25) is 0 Å². The van der Waals surface area contributed by atoms with Gasteiger partial charge in [-0.05, 0) is 65.9 Å². The van der Waals surface area contributed by atoms with E-state index in [1.165, 1.54) is 37.8 Å². The predicted molar refractivity (Wildman–Crippen MR) is 74.7 cm³/mol. The molecule has 1 aromatic carbocycles. The highest BCUT2D eigenvalue weighted by molar-refractivity contribution is 9.10. The van der Waals surface area contributed by atoms with E-state index in [1.807, 2.05) is 6.07 Å². The Kier molecular flexibility index (Phi) is 4.86. The molecule has 1 fully saturated rings. The highest BCUT2D eigenvalue weighted by Crippen LogP contribution is 2.26. The van der Waals surface area contributed by atoms with Crippen molar-refractivity contribution in [2.45, 2.75) is 38.1 Å². The van der Waals surface area contributed by atoms with Crippen molar-refractivity contribution in [2.75, 3.05) is 13.7 Å². The Balaban J connectivity index is 1.87. The van der Waals surface area contributed by atoms with Gasteiger partial charge in [-0.25, -0.2) is 0 Å². The first-order valence-corrected chi connectivity index (χ1v) is 7.14. The lowest BCUT2D eigenvalue weighted by Crippen LogP contribution is -2.34. The molecule has 0 aromatic heterocycles. The summed E-state index contributed by atoms with van der Waals surface area (Å²) in [5, 5.41) is 3.59. The molecule has 1 heterocycles. The number of aryl methyl sites for hydroxylation is 1. The maximum Gasteiger partial charge on any atom is 0.133 e. The van der Waals surface area contributed by atoms with Gasteiger partial charge >= 0.3 is 0 Å². The van der Waals surface area contributed by atoms with Crippen LogP contribution in [0.1, 0.15) is 31.2 Å². The van der Waals surface area contributed by atoms with Crippen molar-refractivity contribution in [2.24, 2.45) is 0 Å². The average molecular weight is 298 g/mol. The monoisotopic (exact) mass is 297 g/mol. The second-order valence-corrected chi connectivity index (χ2v) is 5.51. The van der Waals surface area contributed by atoms with Crippen LogP contribution in [-0.4, -0.2) is 19.7 Å². The number of benzene rings is 1. The number of nitrogens with one attached hydrogen (secondary N) is 1. The Morgan fingerprint density at radius 3 is 2.94 bits per heavy atom. The van der Waals surface area contributed by atoms with Crippen molar-refractivity contribution in [3.05, 3.63) is 28.2 Å². The summed E-state index contributed by atoms with van der Waals surface area (Å²) in [5.74, 6) is 0.907. The summed E-state index contributed by atoms with van der Waals surface area (Å²) >= 11 is 3.53. The van der Waals surface area contributed by atoms with Crippen LogP contribution >= 0.6 is 15.9 Å². The molecule has 1 aliphatic heterocycles. The SMILES string of the molecule is COc1ccc(CCC2CCCCN2)cc1Br. The summed E-state index contributed by atoms with van der Waals surface area (Å²) in [7, 11) is 1.70. The Hall–Kier alpha value is -0.540. The number of hydrogen-bond acceptors (Lipinski definition) is 2. The summed E-state index contributed by atoms with van der Waals surface area (Å²) in [4.78, 5) is 0. The van der Waals surface area contributed by atoms with E-state index in [-0.39, 0.29) is 0 Å². The van der Waals surface area contributed by atoms with Crippen LogP contribution in [0.15, 0.2) is 22.7 Å². The lowest BCUT2D eigenvalue weighted by molar-refractivity contribution is 0.382. The summed E-state index contributed by atoms with van der Waals surface area (Å²) in [6.07, 6.45) is 6.42. The van der Waals surface area contributed by atoms with Gasteiger partial charge in [-0.1, -0.05) is 12.5 Å².